The molecule has 1 amide bonds. The van der Waals surface area contributed by atoms with Crippen molar-refractivity contribution in [1.29, 1.82) is 0 Å². The van der Waals surface area contributed by atoms with E-state index in [-0.39, 0.29) is 18.1 Å². The van der Waals surface area contributed by atoms with E-state index in [9.17, 15) is 4.79 Å². The van der Waals surface area contributed by atoms with Crippen molar-refractivity contribution in [3.05, 3.63) is 0 Å². The highest BCUT2D eigenvalue weighted by atomic mass is 16.5. The Morgan fingerprint density at radius 2 is 2.21 bits per heavy atom. The fourth-order valence-electron chi connectivity index (χ4n) is 2.27. The second-order valence-electron chi connectivity index (χ2n) is 4.26. The van der Waals surface area contributed by atoms with Crippen LogP contribution in [0.1, 0.15) is 19.8 Å². The predicted molar refractivity (Wildman–Crippen MR) is 53.0 cm³/mol. The van der Waals surface area contributed by atoms with E-state index in [0.29, 0.717) is 6.61 Å². The first-order chi connectivity index (χ1) is 6.74. The molecule has 2 fully saturated rings. The molecule has 0 aromatic rings. The third-order valence-corrected chi connectivity index (χ3v) is 3.28. The number of carbonyl (C=O) groups is 1. The summed E-state index contributed by atoms with van der Waals surface area (Å²) < 4.78 is 5.31. The zero-order chi connectivity index (χ0) is 10.0. The monoisotopic (exact) mass is 198 g/mol. The second-order valence-corrected chi connectivity index (χ2v) is 4.26. The van der Waals surface area contributed by atoms with Gasteiger partial charge in [-0.15, -0.1) is 0 Å². The van der Waals surface area contributed by atoms with E-state index in [4.69, 9.17) is 4.74 Å². The Morgan fingerprint density at radius 3 is 2.79 bits per heavy atom. The van der Waals surface area contributed by atoms with Gasteiger partial charge in [-0.2, -0.15) is 0 Å². The zero-order valence-corrected chi connectivity index (χ0v) is 8.71. The first kappa shape index (κ1) is 9.93. The highest BCUT2D eigenvalue weighted by molar-refractivity contribution is 5.78. The van der Waals surface area contributed by atoms with E-state index in [1.165, 1.54) is 0 Å². The number of ether oxygens (including phenoxy) is 1. The Morgan fingerprint density at radius 1 is 1.50 bits per heavy atom. The summed E-state index contributed by atoms with van der Waals surface area (Å²) in [5.41, 5.74) is -0.0546. The highest BCUT2D eigenvalue weighted by Gasteiger charge is 2.38. The maximum atomic E-state index is 11.2. The molecule has 4 heteroatoms. The largest absolute Gasteiger partial charge is 0.369 e. The zero-order valence-electron chi connectivity index (χ0n) is 8.71. The van der Waals surface area contributed by atoms with Crippen molar-refractivity contribution in [3.8, 4) is 0 Å². The molecule has 0 aromatic carbocycles. The molecule has 0 saturated carbocycles. The SMILES string of the molecule is CCN1CCC2(CC1)COCC(=O)N2. The van der Waals surface area contributed by atoms with E-state index in [1.807, 2.05) is 0 Å². The molecular formula is C10H18N2O2. The summed E-state index contributed by atoms with van der Waals surface area (Å²) in [4.78, 5) is 13.6. The lowest BCUT2D eigenvalue weighted by Gasteiger charge is -2.43. The van der Waals surface area contributed by atoms with Crippen LogP contribution in [0.5, 0.6) is 0 Å². The summed E-state index contributed by atoms with van der Waals surface area (Å²) in [6.45, 7) is 6.34. The van der Waals surface area contributed by atoms with Gasteiger partial charge in [0.2, 0.25) is 5.91 Å². The van der Waals surface area contributed by atoms with Crippen molar-refractivity contribution >= 4 is 5.91 Å². The molecule has 0 atom stereocenters. The van der Waals surface area contributed by atoms with E-state index in [0.717, 1.165) is 32.5 Å². The van der Waals surface area contributed by atoms with Crippen LogP contribution in [0.15, 0.2) is 0 Å². The Kier molecular flexibility index (Phi) is 2.74. The van der Waals surface area contributed by atoms with Crippen molar-refractivity contribution < 1.29 is 9.53 Å². The van der Waals surface area contributed by atoms with Crippen LogP contribution in [0, 0.1) is 0 Å². The lowest BCUT2D eigenvalue weighted by molar-refractivity contribution is -0.137. The summed E-state index contributed by atoms with van der Waals surface area (Å²) in [6.07, 6.45) is 2.04. The van der Waals surface area contributed by atoms with Crippen LogP contribution in [-0.4, -0.2) is 49.2 Å². The Labute approximate surface area is 84.6 Å². The summed E-state index contributed by atoms with van der Waals surface area (Å²) in [6, 6.07) is 0. The number of nitrogens with one attached hydrogen (secondary N) is 1. The summed E-state index contributed by atoms with van der Waals surface area (Å²) in [7, 11) is 0. The van der Waals surface area contributed by atoms with Crippen molar-refractivity contribution in [2.45, 2.75) is 25.3 Å². The minimum Gasteiger partial charge on any atom is -0.369 e. The molecule has 0 radical (unpaired) electrons. The normalized spacial score (nSPS) is 27.6. The van der Waals surface area contributed by atoms with Crippen LogP contribution < -0.4 is 5.32 Å². The molecule has 2 heterocycles. The minimum atomic E-state index is -0.0546. The van der Waals surface area contributed by atoms with Gasteiger partial charge in [0.15, 0.2) is 0 Å². The summed E-state index contributed by atoms with van der Waals surface area (Å²) >= 11 is 0. The van der Waals surface area contributed by atoms with Gasteiger partial charge in [0.05, 0.1) is 12.1 Å². The van der Waals surface area contributed by atoms with E-state index >= 15 is 0 Å². The molecule has 0 aromatic heterocycles. The van der Waals surface area contributed by atoms with Crippen LogP contribution in [0.3, 0.4) is 0 Å². The van der Waals surface area contributed by atoms with Crippen LogP contribution >= 0.6 is 0 Å². The van der Waals surface area contributed by atoms with Crippen molar-refractivity contribution in [1.82, 2.24) is 10.2 Å². The number of nitrogens with zero attached hydrogens (tertiary/aromatic N) is 1. The highest BCUT2D eigenvalue weighted by Crippen LogP contribution is 2.24. The Balaban J connectivity index is 1.94. The van der Waals surface area contributed by atoms with E-state index < -0.39 is 0 Å². The first-order valence-corrected chi connectivity index (χ1v) is 5.35. The molecular weight excluding hydrogens is 180 g/mol. The molecule has 2 aliphatic rings. The number of likely N-dealkylation sites (tertiary alicyclic amines) is 1. The van der Waals surface area contributed by atoms with E-state index in [2.05, 4.69) is 17.1 Å². The smallest absolute Gasteiger partial charge is 0.246 e. The topological polar surface area (TPSA) is 41.6 Å². The molecule has 80 valence electrons. The van der Waals surface area contributed by atoms with Gasteiger partial charge in [0.1, 0.15) is 6.61 Å². The Hall–Kier alpha value is -0.610. The number of morpholine rings is 1. The number of piperidine rings is 1. The van der Waals surface area contributed by atoms with Gasteiger partial charge in [0, 0.05) is 13.1 Å². The van der Waals surface area contributed by atoms with Crippen LogP contribution in [-0.2, 0) is 9.53 Å². The fraction of sp³-hybridized carbons (Fsp3) is 0.900. The third-order valence-electron chi connectivity index (χ3n) is 3.28. The van der Waals surface area contributed by atoms with Gasteiger partial charge >= 0.3 is 0 Å². The van der Waals surface area contributed by atoms with Gasteiger partial charge in [-0.05, 0) is 19.4 Å². The Bertz CT molecular complexity index is 222. The maximum absolute atomic E-state index is 11.2. The van der Waals surface area contributed by atoms with Gasteiger partial charge in [-0.3, -0.25) is 4.79 Å². The molecule has 0 aliphatic carbocycles. The number of amides is 1. The standard InChI is InChI=1S/C10H18N2O2/c1-2-12-5-3-10(4-6-12)8-14-7-9(13)11-10/h2-8H2,1H3,(H,11,13). The maximum Gasteiger partial charge on any atom is 0.246 e. The third kappa shape index (κ3) is 1.91. The van der Waals surface area contributed by atoms with Crippen LogP contribution in [0.25, 0.3) is 0 Å². The average Bonchev–Trinajstić information content (AvgIpc) is 2.19. The molecule has 2 aliphatic heterocycles. The van der Waals surface area contributed by atoms with Crippen molar-refractivity contribution in [3.63, 3.8) is 0 Å². The van der Waals surface area contributed by atoms with Crippen molar-refractivity contribution in [2.75, 3.05) is 32.8 Å². The summed E-state index contributed by atoms with van der Waals surface area (Å²) in [5.74, 6) is 0.0428. The quantitative estimate of drug-likeness (QED) is 0.644. The predicted octanol–water partition coefficient (Wildman–Crippen LogP) is -0.0127. The van der Waals surface area contributed by atoms with Gasteiger partial charge < -0.3 is 15.0 Å². The second kappa shape index (κ2) is 3.87. The fourth-order valence-corrected chi connectivity index (χ4v) is 2.27. The van der Waals surface area contributed by atoms with Gasteiger partial charge in [-0.1, -0.05) is 6.92 Å². The van der Waals surface area contributed by atoms with Crippen LogP contribution in [0.2, 0.25) is 0 Å². The average molecular weight is 198 g/mol. The lowest BCUT2D eigenvalue weighted by atomic mass is 9.87. The molecule has 1 spiro atoms. The van der Waals surface area contributed by atoms with E-state index in [1.54, 1.807) is 0 Å². The number of hydrogen-bond donors (Lipinski definition) is 1. The number of hydrogen-bond acceptors (Lipinski definition) is 3. The van der Waals surface area contributed by atoms with Crippen LogP contribution in [0.4, 0.5) is 0 Å². The molecule has 4 nitrogen and oxygen atoms in total. The minimum absolute atomic E-state index is 0.0428. The van der Waals surface area contributed by atoms with Crippen molar-refractivity contribution in [2.24, 2.45) is 0 Å². The molecule has 0 unspecified atom stereocenters. The molecule has 14 heavy (non-hydrogen) atoms. The molecule has 1 N–H and O–H groups in total. The molecule has 2 rings (SSSR count). The number of carbonyl (C=O) groups excluding carboxylic acids is 1. The molecule has 2 saturated heterocycles. The lowest BCUT2D eigenvalue weighted by Crippen LogP contribution is -2.61. The first-order valence-electron chi connectivity index (χ1n) is 5.35. The van der Waals surface area contributed by atoms with Gasteiger partial charge in [0.25, 0.3) is 0 Å². The number of rotatable bonds is 1. The molecule has 0 bridgehead atoms. The van der Waals surface area contributed by atoms with Gasteiger partial charge in [-0.25, -0.2) is 0 Å². The summed E-state index contributed by atoms with van der Waals surface area (Å²) in [5, 5.41) is 3.09.